The highest BCUT2D eigenvalue weighted by atomic mass is 35.5. The summed E-state index contributed by atoms with van der Waals surface area (Å²) in [7, 11) is 1.47. The van der Waals surface area contributed by atoms with Crippen LogP contribution in [-0.2, 0) is 10.5 Å². The molecule has 0 fully saturated rings. The molecule has 2 aromatic carbocycles. The van der Waals surface area contributed by atoms with E-state index < -0.39 is 5.91 Å². The van der Waals surface area contributed by atoms with Crippen LogP contribution in [0.3, 0.4) is 0 Å². The summed E-state index contributed by atoms with van der Waals surface area (Å²) in [5.74, 6) is 0.792. The van der Waals surface area contributed by atoms with Crippen molar-refractivity contribution in [1.82, 2.24) is 0 Å². The van der Waals surface area contributed by atoms with Gasteiger partial charge in [0.1, 0.15) is 0 Å². The number of benzene rings is 2. The van der Waals surface area contributed by atoms with Crippen molar-refractivity contribution in [3.63, 3.8) is 0 Å². The number of hydrogen-bond donors (Lipinski definition) is 2. The Morgan fingerprint density at radius 1 is 1.22 bits per heavy atom. The summed E-state index contributed by atoms with van der Waals surface area (Å²) in [4.78, 5) is 10.8. The lowest BCUT2D eigenvalue weighted by Crippen LogP contribution is -2.20. The number of carbonyl (C=O) groups excluding carboxylic acids is 1. The fourth-order valence-corrected chi connectivity index (χ4v) is 2.79. The number of ether oxygens (including phenoxy) is 2. The topological polar surface area (TPSA) is 112 Å². The molecular weight excluding hydrogens is 388 g/mol. The van der Waals surface area contributed by atoms with Crippen LogP contribution in [0.2, 0.25) is 5.02 Å². The average Bonchev–Trinajstić information content (AvgIpc) is 2.66. The number of amides is 1. The van der Waals surface area contributed by atoms with Crippen molar-refractivity contribution in [3.05, 3.63) is 58.6 Å². The standard InChI is InChI=1S/C18H19ClN4O3S/c1-25-15-7-13(14(19)8-16(15)26-10-17(20)24)9-22-23-18(21)27-11-12-5-3-2-4-6-12/h2-9H,10-11H2,1H3,(H2,20,24)(H2,21,23). The van der Waals surface area contributed by atoms with Gasteiger partial charge in [0.2, 0.25) is 0 Å². The van der Waals surface area contributed by atoms with E-state index in [-0.39, 0.29) is 6.61 Å². The Morgan fingerprint density at radius 2 is 1.96 bits per heavy atom. The average molecular weight is 407 g/mol. The third-order valence-electron chi connectivity index (χ3n) is 3.24. The van der Waals surface area contributed by atoms with Gasteiger partial charge in [0.25, 0.3) is 5.91 Å². The molecule has 0 unspecified atom stereocenters. The lowest BCUT2D eigenvalue weighted by molar-refractivity contribution is -0.119. The van der Waals surface area contributed by atoms with E-state index in [4.69, 9.17) is 32.5 Å². The van der Waals surface area contributed by atoms with Crippen molar-refractivity contribution >= 4 is 40.7 Å². The summed E-state index contributed by atoms with van der Waals surface area (Å²) in [6.45, 7) is -0.278. The molecular formula is C18H19ClN4O3S. The molecule has 9 heteroatoms. The second kappa shape index (κ2) is 10.4. The number of carbonyl (C=O) groups is 1. The summed E-state index contributed by atoms with van der Waals surface area (Å²) < 4.78 is 10.5. The fourth-order valence-electron chi connectivity index (χ4n) is 1.98. The SMILES string of the molecule is COc1cc(C=NN=C(N)SCc2ccccc2)c(Cl)cc1OCC(N)=O. The minimum Gasteiger partial charge on any atom is -0.493 e. The van der Waals surface area contributed by atoms with Gasteiger partial charge in [-0.2, -0.15) is 5.10 Å². The number of amidine groups is 1. The van der Waals surface area contributed by atoms with E-state index in [1.54, 1.807) is 6.07 Å². The molecule has 0 heterocycles. The van der Waals surface area contributed by atoms with Crippen molar-refractivity contribution < 1.29 is 14.3 Å². The predicted octanol–water partition coefficient (Wildman–Crippen LogP) is 2.79. The van der Waals surface area contributed by atoms with E-state index >= 15 is 0 Å². The molecule has 0 radical (unpaired) electrons. The molecule has 142 valence electrons. The zero-order valence-corrected chi connectivity index (χ0v) is 16.2. The molecule has 4 N–H and O–H groups in total. The quantitative estimate of drug-likeness (QED) is 0.397. The minimum atomic E-state index is -0.600. The van der Waals surface area contributed by atoms with E-state index in [2.05, 4.69) is 10.2 Å². The van der Waals surface area contributed by atoms with Crippen molar-refractivity contribution in [2.75, 3.05) is 13.7 Å². The third-order valence-corrected chi connectivity index (χ3v) is 4.42. The lowest BCUT2D eigenvalue weighted by Gasteiger charge is -2.11. The molecule has 2 rings (SSSR count). The summed E-state index contributed by atoms with van der Waals surface area (Å²) in [5.41, 5.74) is 12.6. The van der Waals surface area contributed by atoms with Gasteiger partial charge in [-0.1, -0.05) is 53.7 Å². The Labute approximate surface area is 166 Å². The molecule has 0 saturated heterocycles. The third kappa shape index (κ3) is 6.84. The summed E-state index contributed by atoms with van der Waals surface area (Å²) in [6.07, 6.45) is 1.46. The van der Waals surface area contributed by atoms with Crippen LogP contribution >= 0.6 is 23.4 Å². The normalized spacial score (nSPS) is 11.6. The fraction of sp³-hybridized carbons (Fsp3) is 0.167. The molecule has 0 aliphatic heterocycles. The van der Waals surface area contributed by atoms with Gasteiger partial charge in [0.05, 0.1) is 18.3 Å². The number of halogens is 1. The maximum Gasteiger partial charge on any atom is 0.255 e. The predicted molar refractivity (Wildman–Crippen MR) is 110 cm³/mol. The Hall–Kier alpha value is -2.71. The molecule has 0 atom stereocenters. The first-order valence-electron chi connectivity index (χ1n) is 7.81. The Balaban J connectivity index is 2.03. The molecule has 7 nitrogen and oxygen atoms in total. The number of hydrogen-bond acceptors (Lipinski definition) is 6. The summed E-state index contributed by atoms with van der Waals surface area (Å²) in [6, 6.07) is 13.0. The highest BCUT2D eigenvalue weighted by Gasteiger charge is 2.10. The van der Waals surface area contributed by atoms with Gasteiger partial charge in [0.15, 0.2) is 23.3 Å². The van der Waals surface area contributed by atoms with Gasteiger partial charge < -0.3 is 20.9 Å². The van der Waals surface area contributed by atoms with Gasteiger partial charge in [0, 0.05) is 17.4 Å². The zero-order valence-electron chi connectivity index (χ0n) is 14.6. The van der Waals surface area contributed by atoms with E-state index in [1.807, 2.05) is 30.3 Å². The van der Waals surface area contributed by atoms with Crippen LogP contribution in [0.4, 0.5) is 0 Å². The molecule has 0 aliphatic carbocycles. The van der Waals surface area contributed by atoms with Crippen molar-refractivity contribution in [2.45, 2.75) is 5.75 Å². The van der Waals surface area contributed by atoms with Gasteiger partial charge in [-0.15, -0.1) is 5.10 Å². The first-order valence-corrected chi connectivity index (χ1v) is 9.17. The highest BCUT2D eigenvalue weighted by molar-refractivity contribution is 8.13. The molecule has 0 aliphatic rings. The van der Waals surface area contributed by atoms with E-state index in [1.165, 1.54) is 31.2 Å². The van der Waals surface area contributed by atoms with Crippen molar-refractivity contribution in [1.29, 1.82) is 0 Å². The van der Waals surface area contributed by atoms with Gasteiger partial charge in [-0.05, 0) is 11.6 Å². The van der Waals surface area contributed by atoms with Gasteiger partial charge in [-0.25, -0.2) is 0 Å². The van der Waals surface area contributed by atoms with Crippen LogP contribution in [0.1, 0.15) is 11.1 Å². The maximum atomic E-state index is 10.8. The second-order valence-electron chi connectivity index (χ2n) is 5.24. The van der Waals surface area contributed by atoms with Crippen LogP contribution in [0.25, 0.3) is 0 Å². The zero-order chi connectivity index (χ0) is 19.6. The Morgan fingerprint density at radius 3 is 2.63 bits per heavy atom. The molecule has 27 heavy (non-hydrogen) atoms. The largest absolute Gasteiger partial charge is 0.493 e. The Kier molecular flexibility index (Phi) is 7.97. The number of nitrogens with two attached hydrogens (primary N) is 2. The highest BCUT2D eigenvalue weighted by Crippen LogP contribution is 2.32. The van der Waals surface area contributed by atoms with Crippen LogP contribution in [0, 0.1) is 0 Å². The molecule has 0 spiro atoms. The maximum absolute atomic E-state index is 10.8. The molecule has 1 amide bonds. The van der Waals surface area contributed by atoms with Crippen molar-refractivity contribution in [2.24, 2.45) is 21.7 Å². The number of rotatable bonds is 8. The number of methoxy groups -OCH3 is 1. The molecule has 0 aromatic heterocycles. The summed E-state index contributed by atoms with van der Waals surface area (Å²) in [5, 5.41) is 8.59. The molecule has 0 bridgehead atoms. The van der Waals surface area contributed by atoms with Crippen LogP contribution < -0.4 is 20.9 Å². The summed E-state index contributed by atoms with van der Waals surface area (Å²) >= 11 is 7.58. The van der Waals surface area contributed by atoms with Crippen LogP contribution in [0.15, 0.2) is 52.7 Å². The Bertz CT molecular complexity index is 844. The van der Waals surface area contributed by atoms with Gasteiger partial charge >= 0.3 is 0 Å². The minimum absolute atomic E-state index is 0.278. The van der Waals surface area contributed by atoms with E-state index in [0.717, 1.165) is 5.56 Å². The first kappa shape index (κ1) is 20.6. The molecule has 0 saturated carbocycles. The molecule has 2 aromatic rings. The number of nitrogens with zero attached hydrogens (tertiary/aromatic N) is 2. The lowest BCUT2D eigenvalue weighted by atomic mass is 10.2. The van der Waals surface area contributed by atoms with Crippen LogP contribution in [-0.4, -0.2) is 31.0 Å². The van der Waals surface area contributed by atoms with Crippen LogP contribution in [0.5, 0.6) is 11.5 Å². The van der Waals surface area contributed by atoms with E-state index in [9.17, 15) is 4.79 Å². The number of thioether (sulfide) groups is 1. The first-order chi connectivity index (χ1) is 13.0. The van der Waals surface area contributed by atoms with Gasteiger partial charge in [-0.3, -0.25) is 4.79 Å². The monoisotopic (exact) mass is 406 g/mol. The second-order valence-corrected chi connectivity index (χ2v) is 6.64. The smallest absolute Gasteiger partial charge is 0.255 e. The number of primary amides is 1. The van der Waals surface area contributed by atoms with Crippen molar-refractivity contribution in [3.8, 4) is 11.5 Å². The van der Waals surface area contributed by atoms with E-state index in [0.29, 0.717) is 33.0 Å².